The van der Waals surface area contributed by atoms with Gasteiger partial charge in [-0.25, -0.2) is 0 Å². The van der Waals surface area contributed by atoms with E-state index in [1.807, 2.05) is 36.4 Å². The summed E-state index contributed by atoms with van der Waals surface area (Å²) in [7, 11) is 1.69. The molecule has 1 aliphatic heterocycles. The average Bonchev–Trinajstić information content (AvgIpc) is 2.64. The highest BCUT2D eigenvalue weighted by Crippen LogP contribution is 2.21. The lowest BCUT2D eigenvalue weighted by molar-refractivity contribution is 0.390. The summed E-state index contributed by atoms with van der Waals surface area (Å²) in [4.78, 5) is 4.59. The summed E-state index contributed by atoms with van der Waals surface area (Å²) in [6.07, 6.45) is 0. The van der Waals surface area contributed by atoms with Crippen molar-refractivity contribution in [1.82, 2.24) is 4.90 Å². The molecule has 0 unspecified atom stereocenters. The first kappa shape index (κ1) is 17.0. The van der Waals surface area contributed by atoms with E-state index in [9.17, 15) is 0 Å². The van der Waals surface area contributed by atoms with Crippen LogP contribution in [-0.4, -0.2) is 43.3 Å². The minimum absolute atomic E-state index is 0.784. The van der Waals surface area contributed by atoms with E-state index in [-0.39, 0.29) is 0 Å². The van der Waals surface area contributed by atoms with Crippen LogP contribution < -0.4 is 15.0 Å². The van der Waals surface area contributed by atoms with E-state index in [1.165, 1.54) is 5.69 Å². The number of hydrogen-bond acceptors (Lipinski definition) is 3. The summed E-state index contributed by atoms with van der Waals surface area (Å²) in [5.74, 6) is 0.886. The van der Waals surface area contributed by atoms with E-state index in [2.05, 4.69) is 43.2 Å². The molecule has 6 heteroatoms. The summed E-state index contributed by atoms with van der Waals surface area (Å²) >= 11 is 8.99. The number of anilines is 2. The van der Waals surface area contributed by atoms with Crippen LogP contribution in [0.15, 0.2) is 53.0 Å². The molecule has 1 heterocycles. The van der Waals surface area contributed by atoms with E-state index < -0.39 is 0 Å². The lowest BCUT2D eigenvalue weighted by Gasteiger charge is -2.37. The number of ether oxygens (including phenoxy) is 1. The maximum Gasteiger partial charge on any atom is 0.173 e. The number of rotatable bonds is 3. The highest BCUT2D eigenvalue weighted by atomic mass is 79.9. The molecule has 0 spiro atoms. The Morgan fingerprint density at radius 1 is 1.00 bits per heavy atom. The van der Waals surface area contributed by atoms with E-state index in [0.29, 0.717) is 0 Å². The van der Waals surface area contributed by atoms with Crippen LogP contribution in [0, 0.1) is 0 Å². The highest BCUT2D eigenvalue weighted by molar-refractivity contribution is 9.10. The van der Waals surface area contributed by atoms with Gasteiger partial charge in [-0.1, -0.05) is 15.9 Å². The van der Waals surface area contributed by atoms with Crippen LogP contribution in [0.3, 0.4) is 0 Å². The largest absolute Gasteiger partial charge is 0.497 e. The Morgan fingerprint density at radius 2 is 1.62 bits per heavy atom. The Labute approximate surface area is 156 Å². The predicted molar refractivity (Wildman–Crippen MR) is 107 cm³/mol. The molecule has 2 aromatic carbocycles. The standard InChI is InChI=1S/C18H20BrN3OS/c1-23-17-8-6-16(7-9-17)21-10-12-22(13-11-21)18(24)20-15-4-2-14(19)3-5-15/h2-9H,10-13H2,1H3,(H,20,24). The molecule has 1 fully saturated rings. The summed E-state index contributed by atoms with van der Waals surface area (Å²) in [5, 5.41) is 4.09. The summed E-state index contributed by atoms with van der Waals surface area (Å²) in [6, 6.07) is 16.3. The van der Waals surface area contributed by atoms with E-state index in [0.717, 1.165) is 47.2 Å². The molecule has 4 nitrogen and oxygen atoms in total. The molecule has 3 rings (SSSR count). The minimum atomic E-state index is 0.784. The SMILES string of the molecule is COc1ccc(N2CCN(C(=S)Nc3ccc(Br)cc3)CC2)cc1. The van der Waals surface area contributed by atoms with Gasteiger partial charge in [-0.2, -0.15) is 0 Å². The molecule has 1 N–H and O–H groups in total. The van der Waals surface area contributed by atoms with Gasteiger partial charge < -0.3 is 19.9 Å². The Bertz CT molecular complexity index is 682. The van der Waals surface area contributed by atoms with Crippen LogP contribution in [0.5, 0.6) is 5.75 Å². The quantitative estimate of drug-likeness (QED) is 0.779. The third kappa shape index (κ3) is 4.19. The van der Waals surface area contributed by atoms with Crippen LogP contribution >= 0.6 is 28.1 Å². The molecule has 0 bridgehead atoms. The van der Waals surface area contributed by atoms with Gasteiger partial charge in [-0.3, -0.25) is 0 Å². The summed E-state index contributed by atoms with van der Waals surface area (Å²) in [5.41, 5.74) is 2.24. The molecule has 0 amide bonds. The molecule has 1 aliphatic rings. The predicted octanol–water partition coefficient (Wildman–Crippen LogP) is 3.98. The number of halogens is 1. The molecular formula is C18H20BrN3OS. The molecule has 2 aromatic rings. The smallest absolute Gasteiger partial charge is 0.173 e. The fraction of sp³-hybridized carbons (Fsp3) is 0.278. The van der Waals surface area contributed by atoms with E-state index in [1.54, 1.807) is 7.11 Å². The van der Waals surface area contributed by atoms with Crippen molar-refractivity contribution in [3.63, 3.8) is 0 Å². The Hall–Kier alpha value is -1.79. The minimum Gasteiger partial charge on any atom is -0.497 e. The molecular weight excluding hydrogens is 386 g/mol. The third-order valence-electron chi connectivity index (χ3n) is 4.10. The lowest BCUT2D eigenvalue weighted by atomic mass is 10.2. The van der Waals surface area contributed by atoms with Gasteiger partial charge in [0, 0.05) is 42.0 Å². The summed E-state index contributed by atoms with van der Waals surface area (Å²) in [6.45, 7) is 3.73. The average molecular weight is 406 g/mol. The number of piperazine rings is 1. The van der Waals surface area contributed by atoms with Crippen molar-refractivity contribution in [2.45, 2.75) is 0 Å². The Balaban J connectivity index is 1.54. The van der Waals surface area contributed by atoms with Gasteiger partial charge in [0.1, 0.15) is 5.75 Å². The van der Waals surface area contributed by atoms with Crippen molar-refractivity contribution in [3.05, 3.63) is 53.0 Å². The maximum absolute atomic E-state index is 5.55. The molecule has 0 aromatic heterocycles. The Kier molecular flexibility index (Phi) is 5.58. The van der Waals surface area contributed by atoms with Crippen molar-refractivity contribution in [2.24, 2.45) is 0 Å². The number of nitrogens with zero attached hydrogens (tertiary/aromatic N) is 2. The van der Waals surface area contributed by atoms with Gasteiger partial charge in [0.25, 0.3) is 0 Å². The van der Waals surface area contributed by atoms with Crippen LogP contribution in [0.2, 0.25) is 0 Å². The van der Waals surface area contributed by atoms with Gasteiger partial charge >= 0.3 is 0 Å². The second kappa shape index (κ2) is 7.85. The van der Waals surface area contributed by atoms with Gasteiger partial charge in [0.2, 0.25) is 0 Å². The fourth-order valence-corrected chi connectivity index (χ4v) is 3.26. The molecule has 0 aliphatic carbocycles. The first-order chi connectivity index (χ1) is 11.7. The van der Waals surface area contributed by atoms with Crippen molar-refractivity contribution in [2.75, 3.05) is 43.5 Å². The van der Waals surface area contributed by atoms with Gasteiger partial charge in [0.05, 0.1) is 7.11 Å². The third-order valence-corrected chi connectivity index (χ3v) is 4.99. The molecule has 0 radical (unpaired) electrons. The first-order valence-corrected chi connectivity index (χ1v) is 9.06. The number of methoxy groups -OCH3 is 1. The topological polar surface area (TPSA) is 27.7 Å². The van der Waals surface area contributed by atoms with E-state index >= 15 is 0 Å². The van der Waals surface area contributed by atoms with Crippen molar-refractivity contribution < 1.29 is 4.74 Å². The maximum atomic E-state index is 5.55. The fourth-order valence-electron chi connectivity index (χ4n) is 2.70. The number of nitrogens with one attached hydrogen (secondary N) is 1. The van der Waals surface area contributed by atoms with Crippen molar-refractivity contribution >= 4 is 44.6 Å². The van der Waals surface area contributed by atoms with Gasteiger partial charge in [0.15, 0.2) is 5.11 Å². The van der Waals surface area contributed by atoms with Gasteiger partial charge in [-0.05, 0) is 60.7 Å². The molecule has 1 saturated heterocycles. The van der Waals surface area contributed by atoms with Crippen LogP contribution in [0.25, 0.3) is 0 Å². The van der Waals surface area contributed by atoms with Crippen LogP contribution in [-0.2, 0) is 0 Å². The molecule has 0 atom stereocenters. The Morgan fingerprint density at radius 3 is 2.21 bits per heavy atom. The zero-order valence-corrected chi connectivity index (χ0v) is 15.9. The van der Waals surface area contributed by atoms with Crippen molar-refractivity contribution in [3.8, 4) is 5.75 Å². The lowest BCUT2D eigenvalue weighted by Crippen LogP contribution is -2.50. The van der Waals surface area contributed by atoms with Crippen LogP contribution in [0.1, 0.15) is 0 Å². The van der Waals surface area contributed by atoms with Crippen LogP contribution in [0.4, 0.5) is 11.4 Å². The first-order valence-electron chi connectivity index (χ1n) is 7.86. The second-order valence-corrected chi connectivity index (χ2v) is 6.91. The number of thiocarbonyl (C=S) groups is 1. The van der Waals surface area contributed by atoms with E-state index in [4.69, 9.17) is 17.0 Å². The molecule has 0 saturated carbocycles. The highest BCUT2D eigenvalue weighted by Gasteiger charge is 2.19. The zero-order chi connectivity index (χ0) is 16.9. The monoisotopic (exact) mass is 405 g/mol. The number of hydrogen-bond donors (Lipinski definition) is 1. The zero-order valence-electron chi connectivity index (χ0n) is 13.5. The van der Waals surface area contributed by atoms with Crippen molar-refractivity contribution in [1.29, 1.82) is 0 Å². The summed E-state index contributed by atoms with van der Waals surface area (Å²) < 4.78 is 6.28. The molecule has 24 heavy (non-hydrogen) atoms. The number of benzene rings is 2. The molecule has 126 valence electrons. The van der Waals surface area contributed by atoms with Gasteiger partial charge in [-0.15, -0.1) is 0 Å². The second-order valence-electron chi connectivity index (χ2n) is 5.61. The normalized spacial score (nSPS) is 14.4.